The summed E-state index contributed by atoms with van der Waals surface area (Å²) < 4.78 is 42.4. The fourth-order valence-electron chi connectivity index (χ4n) is 1.50. The van der Waals surface area contributed by atoms with Crippen LogP contribution in [-0.2, 0) is 22.2 Å². The average Bonchev–Trinajstić information content (AvgIpc) is 2.04. The third-order valence-electron chi connectivity index (χ3n) is 2.14. The van der Waals surface area contributed by atoms with Crippen LogP contribution in [0.3, 0.4) is 0 Å². The molecule has 4 nitrogen and oxygen atoms in total. The van der Waals surface area contributed by atoms with Crippen molar-refractivity contribution < 1.29 is 17.5 Å². The summed E-state index contributed by atoms with van der Waals surface area (Å²) >= 11 is -4.49. The largest absolute Gasteiger partial charge is 0.772 e. The van der Waals surface area contributed by atoms with E-state index in [1.54, 1.807) is 0 Å². The number of rotatable bonds is 2. The van der Waals surface area contributed by atoms with Crippen molar-refractivity contribution >= 4 is 22.2 Å². The molecule has 1 rings (SSSR count). The van der Waals surface area contributed by atoms with Crippen LogP contribution in [0.5, 0.6) is 0 Å². The van der Waals surface area contributed by atoms with Crippen LogP contribution < -0.4 is 0 Å². The Labute approximate surface area is 76.3 Å². The van der Waals surface area contributed by atoms with Crippen molar-refractivity contribution in [3.8, 4) is 0 Å². The zero-order chi connectivity index (χ0) is 9.14. The van der Waals surface area contributed by atoms with Gasteiger partial charge in [0.15, 0.2) is 0 Å². The van der Waals surface area contributed by atoms with Crippen molar-refractivity contribution in [1.82, 2.24) is 0 Å². The second-order valence-electron chi connectivity index (χ2n) is 2.88. The molecule has 1 aliphatic rings. The van der Waals surface area contributed by atoms with Crippen molar-refractivity contribution in [2.24, 2.45) is 0 Å². The highest BCUT2D eigenvalue weighted by Crippen LogP contribution is 2.25. The molecule has 1 fully saturated rings. The Balaban J connectivity index is 2.67. The Bertz CT molecular complexity index is 184. The van der Waals surface area contributed by atoms with Gasteiger partial charge in [-0.05, 0) is 12.8 Å². The van der Waals surface area contributed by atoms with E-state index >= 15 is 0 Å². The fourth-order valence-corrected chi connectivity index (χ4v) is 3.53. The lowest BCUT2D eigenvalue weighted by Crippen LogP contribution is -2.36. The van der Waals surface area contributed by atoms with Crippen LogP contribution in [-0.4, -0.2) is 28.0 Å². The lowest BCUT2D eigenvalue weighted by Gasteiger charge is -2.33. The van der Waals surface area contributed by atoms with E-state index in [0.29, 0.717) is 12.8 Å². The SMILES string of the molecule is O=S([O-])C1CCCCC1S(=O)[O-]. The van der Waals surface area contributed by atoms with E-state index in [4.69, 9.17) is 0 Å². The van der Waals surface area contributed by atoms with Gasteiger partial charge in [0, 0.05) is 10.5 Å². The molecule has 4 atom stereocenters. The minimum Gasteiger partial charge on any atom is -0.772 e. The van der Waals surface area contributed by atoms with E-state index in [9.17, 15) is 17.5 Å². The van der Waals surface area contributed by atoms with Crippen LogP contribution in [0.4, 0.5) is 0 Å². The van der Waals surface area contributed by atoms with Crippen LogP contribution in [0.25, 0.3) is 0 Å². The van der Waals surface area contributed by atoms with E-state index in [2.05, 4.69) is 0 Å². The molecule has 6 heteroatoms. The number of hydrogen-bond acceptors (Lipinski definition) is 4. The van der Waals surface area contributed by atoms with Crippen molar-refractivity contribution in [2.45, 2.75) is 36.2 Å². The van der Waals surface area contributed by atoms with Crippen LogP contribution in [0, 0.1) is 0 Å². The summed E-state index contributed by atoms with van der Waals surface area (Å²) in [6.07, 6.45) is 2.59. The summed E-state index contributed by atoms with van der Waals surface area (Å²) in [6.45, 7) is 0. The van der Waals surface area contributed by atoms with Crippen molar-refractivity contribution in [3.63, 3.8) is 0 Å². The monoisotopic (exact) mass is 210 g/mol. The Kier molecular flexibility index (Phi) is 3.82. The van der Waals surface area contributed by atoms with Crippen LogP contribution in [0.15, 0.2) is 0 Å². The molecule has 0 saturated heterocycles. The molecule has 0 aromatic carbocycles. The lowest BCUT2D eigenvalue weighted by molar-refractivity contribution is 0.440. The first-order valence-electron chi connectivity index (χ1n) is 3.79. The summed E-state index contributed by atoms with van der Waals surface area (Å²) in [5, 5.41) is -1.37. The highest BCUT2D eigenvalue weighted by molar-refractivity contribution is 7.84. The molecule has 12 heavy (non-hydrogen) atoms. The molecule has 0 aromatic heterocycles. The molecule has 0 N–H and O–H groups in total. The first-order valence-corrected chi connectivity index (χ1v) is 6.06. The molecule has 0 radical (unpaired) electrons. The summed E-state index contributed by atoms with van der Waals surface area (Å²) in [6, 6.07) is 0. The van der Waals surface area contributed by atoms with Gasteiger partial charge in [0.05, 0.1) is 0 Å². The summed E-state index contributed by atoms with van der Waals surface area (Å²) in [4.78, 5) is 0. The summed E-state index contributed by atoms with van der Waals surface area (Å²) in [7, 11) is 0. The number of hydrogen-bond donors (Lipinski definition) is 0. The maximum atomic E-state index is 10.6. The van der Waals surface area contributed by atoms with Crippen LogP contribution in [0.1, 0.15) is 25.7 Å². The maximum Gasteiger partial charge on any atom is 0.0348 e. The van der Waals surface area contributed by atoms with E-state index < -0.39 is 32.7 Å². The van der Waals surface area contributed by atoms with Gasteiger partial charge in [-0.1, -0.05) is 35.0 Å². The molecule has 1 saturated carbocycles. The average molecular weight is 210 g/mol. The smallest absolute Gasteiger partial charge is 0.0348 e. The zero-order valence-corrected chi connectivity index (χ0v) is 8.07. The van der Waals surface area contributed by atoms with Gasteiger partial charge in [0.2, 0.25) is 0 Å². The van der Waals surface area contributed by atoms with Crippen molar-refractivity contribution in [2.75, 3.05) is 0 Å². The van der Waals surface area contributed by atoms with E-state index in [1.807, 2.05) is 0 Å². The van der Waals surface area contributed by atoms with Gasteiger partial charge in [0.1, 0.15) is 0 Å². The third kappa shape index (κ3) is 2.35. The molecular weight excluding hydrogens is 200 g/mol. The molecule has 4 unspecified atom stereocenters. The van der Waals surface area contributed by atoms with Gasteiger partial charge in [-0.15, -0.1) is 0 Å². The standard InChI is InChI=1S/C6H12O4S2/c7-11(8)5-3-1-2-4-6(5)12(9)10/h5-6H,1-4H2,(H,7,8)(H,9,10)/p-2. The molecule has 0 amide bonds. The third-order valence-corrected chi connectivity index (χ3v) is 4.43. The fraction of sp³-hybridized carbons (Fsp3) is 1.00. The van der Waals surface area contributed by atoms with E-state index in [0.717, 1.165) is 12.8 Å². The highest BCUT2D eigenvalue weighted by atomic mass is 32.2. The highest BCUT2D eigenvalue weighted by Gasteiger charge is 2.26. The Morgan fingerprint density at radius 3 is 1.50 bits per heavy atom. The van der Waals surface area contributed by atoms with Crippen LogP contribution >= 0.6 is 0 Å². The molecule has 0 spiro atoms. The Morgan fingerprint density at radius 1 is 0.917 bits per heavy atom. The summed E-state index contributed by atoms with van der Waals surface area (Å²) in [5.74, 6) is 0. The molecule has 0 heterocycles. The minimum absolute atomic E-state index is 0.481. The molecular formula is C6H10O4S2-2. The predicted octanol–water partition coefficient (Wildman–Crippen LogP) is 0.0558. The van der Waals surface area contributed by atoms with Gasteiger partial charge in [-0.2, -0.15) is 0 Å². The molecule has 0 aliphatic heterocycles. The summed E-state index contributed by atoms with van der Waals surface area (Å²) in [5.41, 5.74) is 0. The normalized spacial score (nSPS) is 35.8. The molecule has 0 aromatic rings. The van der Waals surface area contributed by atoms with Gasteiger partial charge in [-0.3, -0.25) is 8.42 Å². The first kappa shape index (κ1) is 10.3. The predicted molar refractivity (Wildman–Crippen MR) is 43.9 cm³/mol. The topological polar surface area (TPSA) is 80.3 Å². The van der Waals surface area contributed by atoms with Crippen molar-refractivity contribution in [3.05, 3.63) is 0 Å². The zero-order valence-electron chi connectivity index (χ0n) is 6.43. The van der Waals surface area contributed by atoms with Gasteiger partial charge < -0.3 is 9.11 Å². The van der Waals surface area contributed by atoms with Gasteiger partial charge in [-0.25, -0.2) is 0 Å². The first-order chi connectivity index (χ1) is 5.63. The molecule has 1 aliphatic carbocycles. The molecule has 72 valence electrons. The Morgan fingerprint density at radius 2 is 1.25 bits per heavy atom. The van der Waals surface area contributed by atoms with Crippen LogP contribution in [0.2, 0.25) is 0 Å². The van der Waals surface area contributed by atoms with Gasteiger partial charge in [0.25, 0.3) is 0 Å². The van der Waals surface area contributed by atoms with Crippen molar-refractivity contribution in [1.29, 1.82) is 0 Å². The lowest BCUT2D eigenvalue weighted by atomic mass is 10.00. The molecule has 0 bridgehead atoms. The maximum absolute atomic E-state index is 10.6. The quantitative estimate of drug-likeness (QED) is 0.603. The van der Waals surface area contributed by atoms with E-state index in [-0.39, 0.29) is 0 Å². The Hall–Kier alpha value is 0.220. The second-order valence-corrected chi connectivity index (χ2v) is 5.14. The second kappa shape index (κ2) is 4.45. The van der Waals surface area contributed by atoms with E-state index in [1.165, 1.54) is 0 Å². The van der Waals surface area contributed by atoms with Gasteiger partial charge >= 0.3 is 0 Å². The minimum atomic E-state index is -2.25.